The second-order valence-corrected chi connectivity index (χ2v) is 7.92. The number of fused-ring (bicyclic) bond motifs is 1. The average molecular weight is 336 g/mol. The van der Waals surface area contributed by atoms with Crippen LogP contribution in [0.5, 0.6) is 5.19 Å². The largest absolute Gasteiger partial charge is 0.467 e. The first-order valence-corrected chi connectivity index (χ1v) is 8.67. The van der Waals surface area contributed by atoms with Crippen LogP contribution in [0.1, 0.15) is 33.6 Å². The van der Waals surface area contributed by atoms with Gasteiger partial charge in [0.2, 0.25) is 5.91 Å². The number of carbonyl (C=O) groups is 1. The van der Waals surface area contributed by atoms with Crippen molar-refractivity contribution in [3.63, 3.8) is 0 Å². The number of thiazole rings is 1. The van der Waals surface area contributed by atoms with Crippen molar-refractivity contribution in [2.75, 3.05) is 13.1 Å². The Labute approximate surface area is 139 Å². The molecule has 1 aliphatic rings. The Hall–Kier alpha value is -1.69. The molecule has 2 aromatic rings. The zero-order valence-corrected chi connectivity index (χ0v) is 14.5. The predicted octanol–water partition coefficient (Wildman–Crippen LogP) is 3.85. The van der Waals surface area contributed by atoms with Gasteiger partial charge in [-0.1, -0.05) is 38.2 Å². The van der Waals surface area contributed by atoms with E-state index in [-0.39, 0.29) is 23.2 Å². The molecule has 0 unspecified atom stereocenters. The number of aromatic nitrogens is 1. The lowest BCUT2D eigenvalue weighted by Gasteiger charge is -2.35. The SMILES string of the molecule is CC(C)(C)C(=O)N1CCC(Oc2nc3c(F)cccc3s2)CC1. The predicted molar refractivity (Wildman–Crippen MR) is 89.3 cm³/mol. The van der Waals surface area contributed by atoms with Crippen LogP contribution in [0.3, 0.4) is 0 Å². The molecule has 1 saturated heterocycles. The van der Waals surface area contributed by atoms with Crippen LogP contribution in [-0.4, -0.2) is 35.0 Å². The van der Waals surface area contributed by atoms with Gasteiger partial charge in [-0.15, -0.1) is 0 Å². The maximum Gasteiger partial charge on any atom is 0.274 e. The molecule has 4 nitrogen and oxygen atoms in total. The van der Waals surface area contributed by atoms with Gasteiger partial charge in [0, 0.05) is 31.3 Å². The third kappa shape index (κ3) is 3.47. The van der Waals surface area contributed by atoms with Gasteiger partial charge < -0.3 is 9.64 Å². The van der Waals surface area contributed by atoms with E-state index in [0.29, 0.717) is 23.8 Å². The van der Waals surface area contributed by atoms with Crippen molar-refractivity contribution in [1.82, 2.24) is 9.88 Å². The molecule has 1 aliphatic heterocycles. The van der Waals surface area contributed by atoms with E-state index in [1.807, 2.05) is 31.7 Å². The smallest absolute Gasteiger partial charge is 0.274 e. The van der Waals surface area contributed by atoms with Crippen LogP contribution in [0.4, 0.5) is 4.39 Å². The van der Waals surface area contributed by atoms with Gasteiger partial charge in [0.25, 0.3) is 5.19 Å². The van der Waals surface area contributed by atoms with Gasteiger partial charge in [-0.05, 0) is 12.1 Å². The van der Waals surface area contributed by atoms with Crippen molar-refractivity contribution in [2.24, 2.45) is 5.41 Å². The molecular weight excluding hydrogens is 315 g/mol. The molecule has 0 spiro atoms. The lowest BCUT2D eigenvalue weighted by molar-refractivity contribution is -0.141. The summed E-state index contributed by atoms with van der Waals surface area (Å²) in [5.74, 6) is -0.141. The van der Waals surface area contributed by atoms with E-state index in [4.69, 9.17) is 4.74 Å². The number of ether oxygens (including phenoxy) is 1. The molecule has 1 fully saturated rings. The Bertz CT molecular complexity index is 715. The number of rotatable bonds is 2. The number of likely N-dealkylation sites (tertiary alicyclic amines) is 1. The number of hydrogen-bond donors (Lipinski definition) is 0. The molecule has 23 heavy (non-hydrogen) atoms. The number of halogens is 1. The van der Waals surface area contributed by atoms with Crippen LogP contribution in [0.2, 0.25) is 0 Å². The summed E-state index contributed by atoms with van der Waals surface area (Å²) in [5.41, 5.74) is 0.0194. The van der Waals surface area contributed by atoms with Gasteiger partial charge in [0.1, 0.15) is 17.4 Å². The Balaban J connectivity index is 1.62. The van der Waals surface area contributed by atoms with Crippen LogP contribution in [0, 0.1) is 11.2 Å². The fourth-order valence-corrected chi connectivity index (χ4v) is 3.63. The highest BCUT2D eigenvalue weighted by molar-refractivity contribution is 7.20. The summed E-state index contributed by atoms with van der Waals surface area (Å²) < 4.78 is 20.4. The van der Waals surface area contributed by atoms with Crippen LogP contribution in [0.15, 0.2) is 18.2 Å². The van der Waals surface area contributed by atoms with Crippen LogP contribution >= 0.6 is 11.3 Å². The number of carbonyl (C=O) groups excluding carboxylic acids is 1. The second-order valence-electron chi connectivity index (χ2n) is 6.93. The van der Waals surface area contributed by atoms with Crippen molar-refractivity contribution in [3.05, 3.63) is 24.0 Å². The summed E-state index contributed by atoms with van der Waals surface area (Å²) in [6, 6.07) is 4.92. The molecule has 0 aliphatic carbocycles. The molecule has 0 saturated carbocycles. The maximum atomic E-state index is 13.7. The Morgan fingerprint density at radius 3 is 2.65 bits per heavy atom. The fraction of sp³-hybridized carbons (Fsp3) is 0.529. The Morgan fingerprint density at radius 1 is 1.35 bits per heavy atom. The molecule has 1 aromatic carbocycles. The van der Waals surface area contributed by atoms with Crippen molar-refractivity contribution < 1.29 is 13.9 Å². The third-order valence-electron chi connectivity index (χ3n) is 3.99. The Morgan fingerprint density at radius 2 is 2.04 bits per heavy atom. The third-order valence-corrected chi connectivity index (χ3v) is 4.90. The summed E-state index contributed by atoms with van der Waals surface area (Å²) in [4.78, 5) is 18.4. The van der Waals surface area contributed by atoms with Crippen LogP contribution < -0.4 is 4.74 Å². The normalized spacial score (nSPS) is 16.8. The number of amides is 1. The maximum absolute atomic E-state index is 13.7. The fourth-order valence-electron chi connectivity index (χ4n) is 2.74. The van der Waals surface area contributed by atoms with Gasteiger partial charge >= 0.3 is 0 Å². The van der Waals surface area contributed by atoms with Crippen molar-refractivity contribution >= 4 is 27.5 Å². The quantitative estimate of drug-likeness (QED) is 0.836. The minimum absolute atomic E-state index is 0.0302. The van der Waals surface area contributed by atoms with Crippen LogP contribution in [0.25, 0.3) is 10.2 Å². The zero-order chi connectivity index (χ0) is 16.6. The molecule has 0 atom stereocenters. The first kappa shape index (κ1) is 16.2. The van der Waals surface area contributed by atoms with Crippen molar-refractivity contribution in [2.45, 2.75) is 39.7 Å². The lowest BCUT2D eigenvalue weighted by Crippen LogP contribution is -2.46. The first-order valence-electron chi connectivity index (χ1n) is 7.85. The van der Waals surface area contributed by atoms with Crippen molar-refractivity contribution in [1.29, 1.82) is 0 Å². The minimum atomic E-state index is -0.349. The number of benzene rings is 1. The summed E-state index contributed by atoms with van der Waals surface area (Å²) in [6.45, 7) is 7.20. The van der Waals surface area contributed by atoms with E-state index in [0.717, 1.165) is 17.5 Å². The number of piperidine rings is 1. The number of hydrogen-bond acceptors (Lipinski definition) is 4. The highest BCUT2D eigenvalue weighted by Crippen LogP contribution is 2.31. The molecule has 3 rings (SSSR count). The van der Waals surface area contributed by atoms with Crippen molar-refractivity contribution in [3.8, 4) is 5.19 Å². The lowest BCUT2D eigenvalue weighted by atomic mass is 9.93. The molecule has 0 bridgehead atoms. The Kier molecular flexibility index (Phi) is 4.27. The van der Waals surface area contributed by atoms with Crippen LogP contribution in [-0.2, 0) is 4.79 Å². The summed E-state index contributed by atoms with van der Waals surface area (Å²) in [7, 11) is 0. The van der Waals surface area contributed by atoms with E-state index < -0.39 is 0 Å². The van der Waals surface area contributed by atoms with E-state index in [9.17, 15) is 9.18 Å². The highest BCUT2D eigenvalue weighted by Gasteiger charge is 2.31. The molecule has 6 heteroatoms. The first-order chi connectivity index (χ1) is 10.8. The van der Waals surface area contributed by atoms with Gasteiger partial charge in [-0.2, -0.15) is 4.98 Å². The minimum Gasteiger partial charge on any atom is -0.467 e. The summed E-state index contributed by atoms with van der Waals surface area (Å²) in [6.07, 6.45) is 1.59. The van der Waals surface area contributed by atoms with E-state index in [1.165, 1.54) is 17.4 Å². The molecule has 0 N–H and O–H groups in total. The number of para-hydroxylation sites is 1. The average Bonchev–Trinajstić information content (AvgIpc) is 2.90. The summed E-state index contributed by atoms with van der Waals surface area (Å²) >= 11 is 1.36. The topological polar surface area (TPSA) is 42.4 Å². The molecule has 1 amide bonds. The molecular formula is C17H21FN2O2S. The highest BCUT2D eigenvalue weighted by atomic mass is 32.1. The molecule has 124 valence electrons. The van der Waals surface area contributed by atoms with E-state index in [1.54, 1.807) is 6.07 Å². The molecule has 1 aromatic heterocycles. The van der Waals surface area contributed by atoms with Gasteiger partial charge in [0.05, 0.1) is 4.70 Å². The number of nitrogens with zero attached hydrogens (tertiary/aromatic N) is 2. The zero-order valence-electron chi connectivity index (χ0n) is 13.6. The molecule has 2 heterocycles. The molecule has 0 radical (unpaired) electrons. The van der Waals surface area contributed by atoms with E-state index in [2.05, 4.69) is 4.98 Å². The summed E-state index contributed by atoms with van der Waals surface area (Å²) in [5, 5.41) is 0.505. The van der Waals surface area contributed by atoms with Gasteiger partial charge in [-0.3, -0.25) is 4.79 Å². The van der Waals surface area contributed by atoms with E-state index >= 15 is 0 Å². The second kappa shape index (κ2) is 6.07. The standard InChI is InChI=1S/C17H21FN2O2S/c1-17(2,3)15(21)20-9-7-11(8-10-20)22-16-19-14-12(18)5-4-6-13(14)23-16/h4-6,11H,7-10H2,1-3H3. The van der Waals surface area contributed by atoms with Gasteiger partial charge in [-0.25, -0.2) is 4.39 Å². The monoisotopic (exact) mass is 336 g/mol. The van der Waals surface area contributed by atoms with Gasteiger partial charge in [0.15, 0.2) is 0 Å².